The van der Waals surface area contributed by atoms with Crippen molar-refractivity contribution in [1.82, 2.24) is 9.80 Å². The highest BCUT2D eigenvalue weighted by molar-refractivity contribution is 5.80. The molecule has 1 N–H and O–H groups in total. The van der Waals surface area contributed by atoms with Gasteiger partial charge in [-0.2, -0.15) is 0 Å². The lowest BCUT2D eigenvalue weighted by Gasteiger charge is -2.36. The second-order valence-corrected chi connectivity index (χ2v) is 5.91. The number of rotatable bonds is 6. The van der Waals surface area contributed by atoms with Gasteiger partial charge in [-0.1, -0.05) is 30.3 Å². The van der Waals surface area contributed by atoms with E-state index in [4.69, 9.17) is 4.74 Å². The molecular weight excluding hydrogens is 280 g/mol. The number of hydrogen-bond donors (Lipinski definition) is 1. The van der Waals surface area contributed by atoms with Crippen LogP contribution in [0.4, 0.5) is 0 Å². The van der Waals surface area contributed by atoms with E-state index < -0.39 is 6.10 Å². The normalized spacial score (nSPS) is 19.0. The third kappa shape index (κ3) is 5.09. The number of nitrogens with zero attached hydrogens (tertiary/aromatic N) is 2. The highest BCUT2D eigenvalue weighted by atomic mass is 16.5. The lowest BCUT2D eigenvalue weighted by Crippen LogP contribution is -2.52. The summed E-state index contributed by atoms with van der Waals surface area (Å²) in [5.41, 5.74) is 1.07. The Morgan fingerprint density at radius 3 is 2.41 bits per heavy atom. The molecule has 1 aliphatic rings. The largest absolute Gasteiger partial charge is 0.392 e. The van der Waals surface area contributed by atoms with Crippen LogP contribution in [-0.4, -0.2) is 65.7 Å². The summed E-state index contributed by atoms with van der Waals surface area (Å²) in [6.07, 6.45) is -0.751. The average molecular weight is 306 g/mol. The third-order valence-electron chi connectivity index (χ3n) is 3.90. The van der Waals surface area contributed by atoms with Gasteiger partial charge >= 0.3 is 0 Å². The predicted molar refractivity (Wildman–Crippen MR) is 85.4 cm³/mol. The van der Waals surface area contributed by atoms with E-state index in [0.29, 0.717) is 26.2 Å². The molecule has 1 saturated heterocycles. The maximum absolute atomic E-state index is 12.4. The molecule has 1 aliphatic heterocycles. The van der Waals surface area contributed by atoms with Crippen LogP contribution >= 0.6 is 0 Å². The highest BCUT2D eigenvalue weighted by Gasteiger charge is 2.25. The van der Waals surface area contributed by atoms with Crippen molar-refractivity contribution in [2.75, 3.05) is 32.7 Å². The molecule has 2 atom stereocenters. The summed E-state index contributed by atoms with van der Waals surface area (Å²) in [7, 11) is 0. The molecule has 0 aromatic heterocycles. The van der Waals surface area contributed by atoms with Crippen molar-refractivity contribution < 1.29 is 14.6 Å². The van der Waals surface area contributed by atoms with E-state index in [1.54, 1.807) is 6.92 Å². The molecule has 0 bridgehead atoms. The van der Waals surface area contributed by atoms with Crippen LogP contribution < -0.4 is 0 Å². The lowest BCUT2D eigenvalue weighted by atomic mass is 10.2. The first-order valence-corrected chi connectivity index (χ1v) is 7.91. The van der Waals surface area contributed by atoms with Crippen molar-refractivity contribution in [3.05, 3.63) is 35.9 Å². The van der Waals surface area contributed by atoms with Crippen LogP contribution in [0.3, 0.4) is 0 Å². The van der Waals surface area contributed by atoms with Crippen molar-refractivity contribution in [2.24, 2.45) is 0 Å². The molecule has 1 aromatic carbocycles. The summed E-state index contributed by atoms with van der Waals surface area (Å²) in [6.45, 7) is 7.74. The Hall–Kier alpha value is -1.43. The fourth-order valence-corrected chi connectivity index (χ4v) is 2.65. The second-order valence-electron chi connectivity index (χ2n) is 5.91. The Balaban J connectivity index is 1.74. The van der Waals surface area contributed by atoms with Gasteiger partial charge in [0.15, 0.2) is 0 Å². The standard InChI is InChI=1S/C17H26N2O3/c1-14(20)12-18-8-10-19(11-9-18)17(21)15(2)22-13-16-6-4-3-5-7-16/h3-7,14-15,20H,8-13H2,1-2H3/t14-,15+/m1/s1. The Bertz CT molecular complexity index is 456. The molecule has 0 aliphatic carbocycles. The quantitative estimate of drug-likeness (QED) is 0.856. The van der Waals surface area contributed by atoms with Gasteiger partial charge in [-0.25, -0.2) is 0 Å². The van der Waals surface area contributed by atoms with Crippen molar-refractivity contribution in [2.45, 2.75) is 32.7 Å². The summed E-state index contributed by atoms with van der Waals surface area (Å²) in [5.74, 6) is 0.0487. The highest BCUT2D eigenvalue weighted by Crippen LogP contribution is 2.09. The van der Waals surface area contributed by atoms with Gasteiger partial charge in [0.25, 0.3) is 5.91 Å². The third-order valence-corrected chi connectivity index (χ3v) is 3.90. The molecule has 5 heteroatoms. The first-order valence-electron chi connectivity index (χ1n) is 7.91. The monoisotopic (exact) mass is 306 g/mol. The molecule has 1 fully saturated rings. The minimum atomic E-state index is -0.427. The fourth-order valence-electron chi connectivity index (χ4n) is 2.65. The summed E-state index contributed by atoms with van der Waals surface area (Å²) in [5, 5.41) is 9.40. The number of ether oxygens (including phenoxy) is 1. The maximum Gasteiger partial charge on any atom is 0.251 e. The number of piperazine rings is 1. The molecule has 2 rings (SSSR count). The Morgan fingerprint density at radius 1 is 1.18 bits per heavy atom. The zero-order chi connectivity index (χ0) is 15.9. The minimum absolute atomic E-state index is 0.0487. The van der Waals surface area contributed by atoms with Crippen LogP contribution in [0, 0.1) is 0 Å². The Morgan fingerprint density at radius 2 is 1.82 bits per heavy atom. The summed E-state index contributed by atoms with van der Waals surface area (Å²) in [4.78, 5) is 16.4. The van der Waals surface area contributed by atoms with Crippen molar-refractivity contribution in [3.8, 4) is 0 Å². The minimum Gasteiger partial charge on any atom is -0.392 e. The van der Waals surface area contributed by atoms with E-state index in [2.05, 4.69) is 4.90 Å². The average Bonchev–Trinajstić information content (AvgIpc) is 2.53. The summed E-state index contributed by atoms with van der Waals surface area (Å²) < 4.78 is 5.69. The van der Waals surface area contributed by atoms with E-state index in [-0.39, 0.29) is 12.0 Å². The van der Waals surface area contributed by atoms with Crippen LogP contribution in [0.5, 0.6) is 0 Å². The second kappa shape index (κ2) is 8.27. The molecule has 122 valence electrons. The molecule has 0 radical (unpaired) electrons. The molecule has 5 nitrogen and oxygen atoms in total. The number of amides is 1. The molecule has 22 heavy (non-hydrogen) atoms. The molecular formula is C17H26N2O3. The summed E-state index contributed by atoms with van der Waals surface area (Å²) in [6, 6.07) is 9.88. The number of carbonyl (C=O) groups excluding carboxylic acids is 1. The SMILES string of the molecule is C[C@H](OCc1ccccc1)C(=O)N1CCN(C[C@@H](C)O)CC1. The van der Waals surface area contributed by atoms with Crippen LogP contribution in [0.1, 0.15) is 19.4 Å². The number of aliphatic hydroxyl groups is 1. The number of aliphatic hydroxyl groups excluding tert-OH is 1. The van der Waals surface area contributed by atoms with E-state index >= 15 is 0 Å². The zero-order valence-corrected chi connectivity index (χ0v) is 13.4. The lowest BCUT2D eigenvalue weighted by molar-refractivity contribution is -0.145. The van der Waals surface area contributed by atoms with Crippen molar-refractivity contribution >= 4 is 5.91 Å². The van der Waals surface area contributed by atoms with Gasteiger partial charge in [-0.05, 0) is 19.4 Å². The van der Waals surface area contributed by atoms with Crippen molar-refractivity contribution in [3.63, 3.8) is 0 Å². The van der Waals surface area contributed by atoms with Gasteiger partial charge in [-0.3, -0.25) is 9.69 Å². The van der Waals surface area contributed by atoms with E-state index in [9.17, 15) is 9.90 Å². The van der Waals surface area contributed by atoms with Crippen LogP contribution in [-0.2, 0) is 16.1 Å². The molecule has 1 heterocycles. The molecule has 0 spiro atoms. The van der Waals surface area contributed by atoms with Gasteiger partial charge in [0.1, 0.15) is 6.10 Å². The van der Waals surface area contributed by atoms with Gasteiger partial charge in [0.05, 0.1) is 12.7 Å². The Kier molecular flexibility index (Phi) is 6.36. The molecule has 1 amide bonds. The van der Waals surface area contributed by atoms with Crippen LogP contribution in [0.25, 0.3) is 0 Å². The number of benzene rings is 1. The van der Waals surface area contributed by atoms with Gasteiger partial charge in [0.2, 0.25) is 0 Å². The van der Waals surface area contributed by atoms with E-state index in [1.165, 1.54) is 0 Å². The van der Waals surface area contributed by atoms with Gasteiger partial charge < -0.3 is 14.7 Å². The number of carbonyl (C=O) groups is 1. The Labute approximate surface area is 132 Å². The van der Waals surface area contributed by atoms with Crippen LogP contribution in [0.2, 0.25) is 0 Å². The molecule has 0 saturated carbocycles. The van der Waals surface area contributed by atoms with Crippen LogP contribution in [0.15, 0.2) is 30.3 Å². The summed E-state index contributed by atoms with van der Waals surface area (Å²) >= 11 is 0. The van der Waals surface area contributed by atoms with E-state index in [1.807, 2.05) is 42.2 Å². The maximum atomic E-state index is 12.4. The van der Waals surface area contributed by atoms with Crippen molar-refractivity contribution in [1.29, 1.82) is 0 Å². The molecule has 0 unspecified atom stereocenters. The number of hydrogen-bond acceptors (Lipinski definition) is 4. The zero-order valence-electron chi connectivity index (χ0n) is 13.4. The van der Waals surface area contributed by atoms with Gasteiger partial charge in [-0.15, -0.1) is 0 Å². The predicted octanol–water partition coefficient (Wildman–Crippen LogP) is 1.12. The number of β-amino-alcohol motifs (C(OH)–C–C–N with tert-alkyl or cyclic N) is 1. The fraction of sp³-hybridized carbons (Fsp3) is 0.588. The smallest absolute Gasteiger partial charge is 0.251 e. The topological polar surface area (TPSA) is 53.0 Å². The first kappa shape index (κ1) is 16.9. The van der Waals surface area contributed by atoms with Gasteiger partial charge in [0, 0.05) is 32.7 Å². The molecule has 1 aromatic rings. The first-order chi connectivity index (χ1) is 10.6. The van der Waals surface area contributed by atoms with E-state index in [0.717, 1.165) is 18.7 Å².